The Morgan fingerprint density at radius 1 is 1.07 bits per heavy atom. The van der Waals surface area contributed by atoms with Crippen LogP contribution in [-0.4, -0.2) is 34.1 Å². The van der Waals surface area contributed by atoms with Crippen molar-refractivity contribution < 1.29 is 13.6 Å². The van der Waals surface area contributed by atoms with Gasteiger partial charge in [0.25, 0.3) is 5.89 Å². The van der Waals surface area contributed by atoms with Crippen LogP contribution in [0.2, 0.25) is 0 Å². The zero-order chi connectivity index (χ0) is 20.1. The Labute approximate surface area is 168 Å². The van der Waals surface area contributed by atoms with Crippen LogP contribution in [0.4, 0.5) is 5.69 Å². The predicted octanol–water partition coefficient (Wildman–Crippen LogP) is 4.33. The second kappa shape index (κ2) is 8.70. The van der Waals surface area contributed by atoms with Crippen molar-refractivity contribution in [3.63, 3.8) is 0 Å². The Kier molecular flexibility index (Phi) is 5.67. The SMILES string of the molecule is CCCN(CC(=O)Nc1cccc2ccccc12)Cc1nnc(-c2ccco2)o1. The average Bonchev–Trinajstić information content (AvgIpc) is 3.40. The van der Waals surface area contributed by atoms with E-state index in [0.717, 1.165) is 29.4 Å². The maximum Gasteiger partial charge on any atom is 0.283 e. The molecule has 4 rings (SSSR count). The summed E-state index contributed by atoms with van der Waals surface area (Å²) in [6.45, 7) is 3.43. The number of furan rings is 1. The van der Waals surface area contributed by atoms with Crippen LogP contribution in [0.25, 0.3) is 22.4 Å². The summed E-state index contributed by atoms with van der Waals surface area (Å²) in [5.41, 5.74) is 0.808. The summed E-state index contributed by atoms with van der Waals surface area (Å²) in [5, 5.41) is 13.2. The molecule has 0 fully saturated rings. The Bertz CT molecular complexity index is 1080. The van der Waals surface area contributed by atoms with E-state index >= 15 is 0 Å². The molecular weight excluding hydrogens is 368 g/mol. The summed E-state index contributed by atoms with van der Waals surface area (Å²) in [5.74, 6) is 1.23. The zero-order valence-corrected chi connectivity index (χ0v) is 16.2. The lowest BCUT2D eigenvalue weighted by atomic mass is 10.1. The highest BCUT2D eigenvalue weighted by Gasteiger charge is 2.17. The molecule has 1 N–H and O–H groups in total. The smallest absolute Gasteiger partial charge is 0.283 e. The number of nitrogens with one attached hydrogen (secondary N) is 1. The molecule has 0 bridgehead atoms. The van der Waals surface area contributed by atoms with Crippen LogP contribution in [0, 0.1) is 0 Å². The topological polar surface area (TPSA) is 84.4 Å². The summed E-state index contributed by atoms with van der Waals surface area (Å²) in [4.78, 5) is 14.7. The minimum atomic E-state index is -0.0828. The number of carbonyl (C=O) groups excluding carboxylic acids is 1. The van der Waals surface area contributed by atoms with Gasteiger partial charge in [0.2, 0.25) is 11.8 Å². The molecule has 0 aliphatic rings. The molecule has 0 radical (unpaired) electrons. The van der Waals surface area contributed by atoms with Gasteiger partial charge in [0.15, 0.2) is 5.76 Å². The quantitative estimate of drug-likeness (QED) is 0.482. The van der Waals surface area contributed by atoms with Crippen LogP contribution in [0.5, 0.6) is 0 Å². The molecule has 0 spiro atoms. The average molecular weight is 390 g/mol. The minimum Gasteiger partial charge on any atom is -0.459 e. The van der Waals surface area contributed by atoms with Crippen LogP contribution >= 0.6 is 0 Å². The van der Waals surface area contributed by atoms with Crippen molar-refractivity contribution in [2.24, 2.45) is 0 Å². The largest absolute Gasteiger partial charge is 0.459 e. The standard InChI is InChI=1S/C22H22N4O3/c1-2-12-26(15-21-24-25-22(29-21)19-11-6-13-28-19)14-20(27)23-18-10-5-8-16-7-3-4-9-17(16)18/h3-11,13H,2,12,14-15H2,1H3,(H,23,27). The van der Waals surface area contributed by atoms with Gasteiger partial charge in [-0.25, -0.2) is 0 Å². The van der Waals surface area contributed by atoms with Gasteiger partial charge in [-0.05, 0) is 36.6 Å². The van der Waals surface area contributed by atoms with E-state index in [1.54, 1.807) is 18.4 Å². The minimum absolute atomic E-state index is 0.0828. The van der Waals surface area contributed by atoms with Gasteiger partial charge in [-0.15, -0.1) is 10.2 Å². The van der Waals surface area contributed by atoms with Gasteiger partial charge >= 0.3 is 0 Å². The van der Waals surface area contributed by atoms with Crippen molar-refractivity contribution in [1.82, 2.24) is 15.1 Å². The first kappa shape index (κ1) is 18.9. The van der Waals surface area contributed by atoms with E-state index in [2.05, 4.69) is 22.4 Å². The lowest BCUT2D eigenvalue weighted by molar-refractivity contribution is -0.117. The van der Waals surface area contributed by atoms with Crippen molar-refractivity contribution in [2.75, 3.05) is 18.4 Å². The highest BCUT2D eigenvalue weighted by atomic mass is 16.4. The van der Waals surface area contributed by atoms with Gasteiger partial charge in [-0.2, -0.15) is 0 Å². The third kappa shape index (κ3) is 4.52. The van der Waals surface area contributed by atoms with E-state index in [4.69, 9.17) is 8.83 Å². The Morgan fingerprint density at radius 2 is 1.93 bits per heavy atom. The molecule has 2 aromatic heterocycles. The van der Waals surface area contributed by atoms with E-state index in [1.165, 1.54) is 0 Å². The molecule has 148 valence electrons. The molecule has 7 nitrogen and oxygen atoms in total. The molecule has 0 aliphatic heterocycles. The maximum absolute atomic E-state index is 12.7. The second-order valence-corrected chi connectivity index (χ2v) is 6.76. The number of aromatic nitrogens is 2. The van der Waals surface area contributed by atoms with E-state index in [9.17, 15) is 4.79 Å². The second-order valence-electron chi connectivity index (χ2n) is 6.76. The summed E-state index contributed by atoms with van der Waals surface area (Å²) < 4.78 is 11.0. The van der Waals surface area contributed by atoms with E-state index in [0.29, 0.717) is 24.1 Å². The number of benzene rings is 2. The molecule has 0 aliphatic carbocycles. The Balaban J connectivity index is 1.43. The predicted molar refractivity (Wildman–Crippen MR) is 110 cm³/mol. The number of amides is 1. The fraction of sp³-hybridized carbons (Fsp3) is 0.227. The van der Waals surface area contributed by atoms with Gasteiger partial charge in [-0.3, -0.25) is 9.69 Å². The van der Waals surface area contributed by atoms with Crippen molar-refractivity contribution >= 4 is 22.4 Å². The summed E-state index contributed by atoms with van der Waals surface area (Å²) in [7, 11) is 0. The zero-order valence-electron chi connectivity index (χ0n) is 16.2. The third-order valence-electron chi connectivity index (χ3n) is 4.53. The van der Waals surface area contributed by atoms with Gasteiger partial charge in [-0.1, -0.05) is 43.3 Å². The van der Waals surface area contributed by atoms with E-state index < -0.39 is 0 Å². The molecule has 2 heterocycles. The van der Waals surface area contributed by atoms with Crippen molar-refractivity contribution in [2.45, 2.75) is 19.9 Å². The molecule has 7 heteroatoms. The first-order valence-electron chi connectivity index (χ1n) is 9.59. The van der Waals surface area contributed by atoms with Gasteiger partial charge in [0, 0.05) is 11.1 Å². The number of carbonyl (C=O) groups is 1. The lowest BCUT2D eigenvalue weighted by Gasteiger charge is -2.19. The molecule has 4 aromatic rings. The van der Waals surface area contributed by atoms with Crippen LogP contribution < -0.4 is 5.32 Å². The van der Waals surface area contributed by atoms with Crippen molar-refractivity contribution in [3.05, 3.63) is 66.8 Å². The fourth-order valence-corrected chi connectivity index (χ4v) is 3.27. The fourth-order valence-electron chi connectivity index (χ4n) is 3.27. The van der Waals surface area contributed by atoms with Crippen LogP contribution in [0.1, 0.15) is 19.2 Å². The van der Waals surface area contributed by atoms with Crippen LogP contribution in [0.15, 0.2) is 69.7 Å². The number of hydrogen-bond acceptors (Lipinski definition) is 6. The Hall–Kier alpha value is -3.45. The first-order valence-corrected chi connectivity index (χ1v) is 9.59. The van der Waals surface area contributed by atoms with Crippen molar-refractivity contribution in [1.29, 1.82) is 0 Å². The van der Waals surface area contributed by atoms with Gasteiger partial charge < -0.3 is 14.2 Å². The summed E-state index contributed by atoms with van der Waals surface area (Å²) in [6.07, 6.45) is 2.46. The highest BCUT2D eigenvalue weighted by Crippen LogP contribution is 2.23. The maximum atomic E-state index is 12.7. The van der Waals surface area contributed by atoms with E-state index in [1.807, 2.05) is 47.4 Å². The van der Waals surface area contributed by atoms with E-state index in [-0.39, 0.29) is 12.5 Å². The molecule has 0 saturated heterocycles. The Morgan fingerprint density at radius 3 is 2.76 bits per heavy atom. The highest BCUT2D eigenvalue weighted by molar-refractivity contribution is 6.02. The molecule has 0 saturated carbocycles. The van der Waals surface area contributed by atoms with Gasteiger partial charge in [0.05, 0.1) is 19.4 Å². The number of hydrogen-bond donors (Lipinski definition) is 1. The number of fused-ring (bicyclic) bond motifs is 1. The third-order valence-corrected chi connectivity index (χ3v) is 4.53. The monoisotopic (exact) mass is 390 g/mol. The van der Waals surface area contributed by atoms with Gasteiger partial charge in [0.1, 0.15) is 0 Å². The summed E-state index contributed by atoms with van der Waals surface area (Å²) in [6, 6.07) is 17.4. The van der Waals surface area contributed by atoms with Crippen LogP contribution in [0.3, 0.4) is 0 Å². The molecule has 29 heavy (non-hydrogen) atoms. The number of anilines is 1. The van der Waals surface area contributed by atoms with Crippen LogP contribution in [-0.2, 0) is 11.3 Å². The summed E-state index contributed by atoms with van der Waals surface area (Å²) >= 11 is 0. The molecule has 0 unspecified atom stereocenters. The van der Waals surface area contributed by atoms with Crippen molar-refractivity contribution in [3.8, 4) is 11.7 Å². The molecule has 1 amide bonds. The normalized spacial score (nSPS) is 11.2. The number of nitrogens with zero attached hydrogens (tertiary/aromatic N) is 3. The molecule has 0 atom stereocenters. The lowest BCUT2D eigenvalue weighted by Crippen LogP contribution is -2.33. The first-order chi connectivity index (χ1) is 14.2. The molecular formula is C22H22N4O3. The number of rotatable bonds is 8. The molecule has 2 aromatic carbocycles.